The number of carbonyl (C=O) groups excluding carboxylic acids is 1. The average molecular weight is 297 g/mol. The molecule has 1 saturated heterocycles. The van der Waals surface area contributed by atoms with Gasteiger partial charge in [0, 0.05) is 19.0 Å². The Bertz CT molecular complexity index is 385. The third kappa shape index (κ3) is 3.36. The highest BCUT2D eigenvalue weighted by Crippen LogP contribution is 2.32. The molecule has 2 atom stereocenters. The zero-order valence-corrected chi connectivity index (χ0v) is 12.0. The summed E-state index contributed by atoms with van der Waals surface area (Å²) < 4.78 is 22.6. The molecule has 0 aromatic carbocycles. The summed E-state index contributed by atoms with van der Waals surface area (Å²) in [5, 5.41) is 0. The van der Waals surface area contributed by atoms with Crippen LogP contribution in [0.5, 0.6) is 0 Å². The van der Waals surface area contributed by atoms with E-state index in [0.29, 0.717) is 25.6 Å². The molecule has 1 saturated carbocycles. The SMILES string of the molecule is Cl.NC[C@H]1CCC[C@H]1C(=O)N1CCS(=O)(=O)CC1. The molecule has 18 heavy (non-hydrogen) atoms. The van der Waals surface area contributed by atoms with Crippen LogP contribution in [-0.2, 0) is 14.6 Å². The van der Waals surface area contributed by atoms with Gasteiger partial charge < -0.3 is 10.6 Å². The van der Waals surface area contributed by atoms with E-state index in [4.69, 9.17) is 5.73 Å². The first-order chi connectivity index (χ1) is 8.03. The minimum atomic E-state index is -2.91. The monoisotopic (exact) mass is 296 g/mol. The van der Waals surface area contributed by atoms with Gasteiger partial charge in [-0.1, -0.05) is 6.42 Å². The number of hydrogen-bond acceptors (Lipinski definition) is 4. The molecule has 2 rings (SSSR count). The van der Waals surface area contributed by atoms with Gasteiger partial charge in [-0.15, -0.1) is 12.4 Å². The van der Waals surface area contributed by atoms with Crippen molar-refractivity contribution in [1.29, 1.82) is 0 Å². The minimum absolute atomic E-state index is 0. The Morgan fingerprint density at radius 1 is 1.22 bits per heavy atom. The van der Waals surface area contributed by atoms with E-state index >= 15 is 0 Å². The summed E-state index contributed by atoms with van der Waals surface area (Å²) in [5.74, 6) is 0.659. The second kappa shape index (κ2) is 6.21. The second-order valence-electron chi connectivity index (χ2n) is 5.01. The molecule has 2 N–H and O–H groups in total. The number of halogens is 1. The van der Waals surface area contributed by atoms with Gasteiger partial charge in [0.2, 0.25) is 5.91 Å². The molecule has 5 nitrogen and oxygen atoms in total. The van der Waals surface area contributed by atoms with Gasteiger partial charge in [-0.3, -0.25) is 4.79 Å². The number of hydrogen-bond donors (Lipinski definition) is 1. The number of rotatable bonds is 2. The highest BCUT2D eigenvalue weighted by Gasteiger charge is 2.36. The first-order valence-corrected chi connectivity index (χ1v) is 8.05. The van der Waals surface area contributed by atoms with Gasteiger partial charge in [0.1, 0.15) is 0 Å². The first kappa shape index (κ1) is 15.7. The summed E-state index contributed by atoms with van der Waals surface area (Å²) in [5.41, 5.74) is 5.67. The maximum absolute atomic E-state index is 12.3. The lowest BCUT2D eigenvalue weighted by Crippen LogP contribution is -2.47. The van der Waals surface area contributed by atoms with E-state index in [1.807, 2.05) is 0 Å². The Balaban J connectivity index is 0.00000162. The highest BCUT2D eigenvalue weighted by molar-refractivity contribution is 7.91. The molecule has 106 valence electrons. The summed E-state index contributed by atoms with van der Waals surface area (Å²) in [6.45, 7) is 1.27. The number of sulfone groups is 1. The fraction of sp³-hybridized carbons (Fsp3) is 0.909. The van der Waals surface area contributed by atoms with Crippen LogP contribution in [0.1, 0.15) is 19.3 Å². The molecule has 0 radical (unpaired) electrons. The fourth-order valence-corrected chi connectivity index (χ4v) is 4.01. The standard InChI is InChI=1S/C11H20N2O3S.ClH/c12-8-9-2-1-3-10(9)11(14)13-4-6-17(15,16)7-5-13;/h9-10H,1-8,12H2;1H/t9-,10-;/m1./s1. The number of nitrogens with zero attached hydrogens (tertiary/aromatic N) is 1. The Morgan fingerprint density at radius 3 is 2.39 bits per heavy atom. The highest BCUT2D eigenvalue weighted by atomic mass is 35.5. The predicted octanol–water partition coefficient (Wildman–Crippen LogP) is 0.0402. The molecule has 1 amide bonds. The van der Waals surface area contributed by atoms with Gasteiger partial charge in [-0.05, 0) is 25.3 Å². The van der Waals surface area contributed by atoms with Crippen molar-refractivity contribution in [3.05, 3.63) is 0 Å². The van der Waals surface area contributed by atoms with Crippen LogP contribution >= 0.6 is 12.4 Å². The summed E-state index contributed by atoms with van der Waals surface area (Å²) >= 11 is 0. The van der Waals surface area contributed by atoms with Crippen LogP contribution in [0, 0.1) is 11.8 Å². The molecule has 0 unspecified atom stereocenters. The van der Waals surface area contributed by atoms with Crippen LogP contribution in [0.25, 0.3) is 0 Å². The van der Waals surface area contributed by atoms with Crippen LogP contribution in [-0.4, -0.2) is 50.4 Å². The third-order valence-electron chi connectivity index (χ3n) is 3.94. The lowest BCUT2D eigenvalue weighted by molar-refractivity contribution is -0.136. The molecule has 1 aliphatic carbocycles. The topological polar surface area (TPSA) is 80.5 Å². The summed E-state index contributed by atoms with van der Waals surface area (Å²) in [6, 6.07) is 0. The van der Waals surface area contributed by atoms with E-state index in [9.17, 15) is 13.2 Å². The first-order valence-electron chi connectivity index (χ1n) is 6.23. The Labute approximate surface area is 114 Å². The number of carbonyl (C=O) groups is 1. The van der Waals surface area contributed by atoms with Crippen LogP contribution in [0.4, 0.5) is 0 Å². The van der Waals surface area contributed by atoms with E-state index in [1.165, 1.54) is 0 Å². The van der Waals surface area contributed by atoms with E-state index in [2.05, 4.69) is 0 Å². The van der Waals surface area contributed by atoms with Gasteiger partial charge in [0.05, 0.1) is 11.5 Å². The Hall–Kier alpha value is -0.330. The molecule has 0 aromatic rings. The van der Waals surface area contributed by atoms with Crippen molar-refractivity contribution in [1.82, 2.24) is 4.90 Å². The quantitative estimate of drug-likeness (QED) is 0.780. The lowest BCUT2D eigenvalue weighted by Gasteiger charge is -2.30. The molecule has 7 heteroatoms. The molecule has 0 aromatic heterocycles. The smallest absolute Gasteiger partial charge is 0.226 e. The zero-order chi connectivity index (χ0) is 12.5. The molecule has 0 spiro atoms. The lowest BCUT2D eigenvalue weighted by atomic mass is 9.95. The van der Waals surface area contributed by atoms with Crippen molar-refractivity contribution in [3.63, 3.8) is 0 Å². The predicted molar refractivity (Wildman–Crippen MR) is 72.4 cm³/mol. The molecule has 0 bridgehead atoms. The van der Waals surface area contributed by atoms with Crippen molar-refractivity contribution in [2.24, 2.45) is 17.6 Å². The van der Waals surface area contributed by atoms with E-state index in [-0.39, 0.29) is 35.7 Å². The molecule has 2 fully saturated rings. The molecule has 1 aliphatic heterocycles. The molecule has 1 heterocycles. The van der Waals surface area contributed by atoms with E-state index in [0.717, 1.165) is 19.3 Å². The van der Waals surface area contributed by atoms with Gasteiger partial charge >= 0.3 is 0 Å². The number of amides is 1. The van der Waals surface area contributed by atoms with E-state index in [1.54, 1.807) is 4.90 Å². The van der Waals surface area contributed by atoms with Gasteiger partial charge in [-0.2, -0.15) is 0 Å². The normalized spacial score (nSPS) is 30.8. The van der Waals surface area contributed by atoms with Crippen molar-refractivity contribution < 1.29 is 13.2 Å². The van der Waals surface area contributed by atoms with Crippen LogP contribution in [0.2, 0.25) is 0 Å². The summed E-state index contributed by atoms with van der Waals surface area (Å²) in [4.78, 5) is 14.0. The minimum Gasteiger partial charge on any atom is -0.340 e. The van der Waals surface area contributed by atoms with Crippen molar-refractivity contribution in [3.8, 4) is 0 Å². The van der Waals surface area contributed by atoms with Crippen molar-refractivity contribution >= 4 is 28.2 Å². The molecule has 2 aliphatic rings. The third-order valence-corrected chi connectivity index (χ3v) is 5.54. The summed E-state index contributed by atoms with van der Waals surface area (Å²) in [7, 11) is -2.91. The van der Waals surface area contributed by atoms with Crippen LogP contribution in [0.3, 0.4) is 0 Å². The zero-order valence-electron chi connectivity index (χ0n) is 10.4. The van der Waals surface area contributed by atoms with Gasteiger partial charge in [0.25, 0.3) is 0 Å². The Morgan fingerprint density at radius 2 is 1.83 bits per heavy atom. The summed E-state index contributed by atoms with van der Waals surface area (Å²) in [6.07, 6.45) is 2.99. The fourth-order valence-electron chi connectivity index (χ4n) is 2.81. The van der Waals surface area contributed by atoms with Gasteiger partial charge in [-0.25, -0.2) is 8.42 Å². The average Bonchev–Trinajstić information content (AvgIpc) is 2.76. The van der Waals surface area contributed by atoms with Crippen LogP contribution < -0.4 is 5.73 Å². The largest absolute Gasteiger partial charge is 0.340 e. The van der Waals surface area contributed by atoms with E-state index < -0.39 is 9.84 Å². The van der Waals surface area contributed by atoms with Crippen molar-refractivity contribution in [2.75, 3.05) is 31.1 Å². The molecular formula is C11H21ClN2O3S. The maximum atomic E-state index is 12.3. The second-order valence-corrected chi connectivity index (χ2v) is 7.31. The maximum Gasteiger partial charge on any atom is 0.226 e. The van der Waals surface area contributed by atoms with Crippen molar-refractivity contribution in [2.45, 2.75) is 19.3 Å². The van der Waals surface area contributed by atoms with Gasteiger partial charge in [0.15, 0.2) is 9.84 Å². The number of nitrogens with two attached hydrogens (primary N) is 1. The Kier molecular flexibility index (Phi) is 5.43. The molecular weight excluding hydrogens is 276 g/mol. The van der Waals surface area contributed by atoms with Crippen LogP contribution in [0.15, 0.2) is 0 Å².